The maximum atomic E-state index is 12.8. The first-order valence-electron chi connectivity index (χ1n) is 10.2. The van der Waals surface area contributed by atoms with Gasteiger partial charge in [0.1, 0.15) is 11.4 Å². The predicted octanol–water partition coefficient (Wildman–Crippen LogP) is 5.00. The molecule has 1 saturated carbocycles. The third kappa shape index (κ3) is 4.64. The Hall–Kier alpha value is -2.90. The SMILES string of the molecule is Cl.Cl.O=C1O[C@]2(CC[C@H](C(=O)Nc3cnc4ccccc4c3)CC2)CN1c1ccccn1. The number of carbonyl (C=O) groups is 2. The Morgan fingerprint density at radius 1 is 1.06 bits per heavy atom. The van der Waals surface area contributed by atoms with Crippen molar-refractivity contribution >= 4 is 59.2 Å². The van der Waals surface area contributed by atoms with Crippen LogP contribution < -0.4 is 10.2 Å². The minimum atomic E-state index is -0.532. The third-order valence-electron chi connectivity index (χ3n) is 6.02. The number of hydrogen-bond acceptors (Lipinski definition) is 5. The van der Waals surface area contributed by atoms with Gasteiger partial charge in [-0.3, -0.25) is 14.7 Å². The van der Waals surface area contributed by atoms with Gasteiger partial charge in [-0.2, -0.15) is 0 Å². The Balaban J connectivity index is 0.00000144. The van der Waals surface area contributed by atoms with Crippen LogP contribution in [0.3, 0.4) is 0 Å². The van der Waals surface area contributed by atoms with Crippen molar-refractivity contribution in [1.29, 1.82) is 0 Å². The first kappa shape index (κ1) is 23.8. The molecule has 2 aromatic heterocycles. The largest absolute Gasteiger partial charge is 0.441 e. The topological polar surface area (TPSA) is 84.4 Å². The van der Waals surface area contributed by atoms with Crippen LogP contribution in [0.2, 0.25) is 0 Å². The lowest BCUT2D eigenvalue weighted by Gasteiger charge is -2.34. The van der Waals surface area contributed by atoms with E-state index >= 15 is 0 Å². The fourth-order valence-corrected chi connectivity index (χ4v) is 4.36. The molecule has 168 valence electrons. The zero-order chi connectivity index (χ0) is 20.6. The second kappa shape index (κ2) is 9.71. The molecule has 0 unspecified atom stereocenters. The van der Waals surface area contributed by atoms with Gasteiger partial charge in [-0.05, 0) is 49.9 Å². The standard InChI is InChI=1S/C23H22N4O3.2ClH/c28-21(26-18-13-17-5-1-2-6-19(17)25-14-18)16-8-10-23(11-9-16)15-27(22(29)30-23)20-7-3-4-12-24-20;;/h1-7,12-14,16H,8-11,15H2,(H,26,28);2*1H/t16-,23-;;. The number of benzene rings is 1. The van der Waals surface area contributed by atoms with Crippen LogP contribution in [0.15, 0.2) is 60.9 Å². The number of carbonyl (C=O) groups excluding carboxylic acids is 2. The summed E-state index contributed by atoms with van der Waals surface area (Å²) >= 11 is 0. The summed E-state index contributed by atoms with van der Waals surface area (Å²) in [5.41, 5.74) is 1.07. The second-order valence-corrected chi connectivity index (χ2v) is 8.01. The van der Waals surface area contributed by atoms with Gasteiger partial charge in [0.05, 0.1) is 23.9 Å². The summed E-state index contributed by atoms with van der Waals surface area (Å²) in [5.74, 6) is 0.487. The van der Waals surface area contributed by atoms with Crippen LogP contribution in [0.1, 0.15) is 25.7 Å². The Kier molecular flexibility index (Phi) is 7.21. The molecule has 0 radical (unpaired) electrons. The maximum absolute atomic E-state index is 12.8. The second-order valence-electron chi connectivity index (χ2n) is 8.01. The molecule has 1 saturated heterocycles. The molecule has 2 fully saturated rings. The fourth-order valence-electron chi connectivity index (χ4n) is 4.36. The molecule has 9 heteroatoms. The minimum absolute atomic E-state index is 0. The molecule has 1 aliphatic heterocycles. The number of amides is 2. The van der Waals surface area contributed by atoms with E-state index < -0.39 is 5.60 Å². The van der Waals surface area contributed by atoms with Gasteiger partial charge in [-0.15, -0.1) is 24.8 Å². The van der Waals surface area contributed by atoms with Crippen molar-refractivity contribution in [3.8, 4) is 0 Å². The van der Waals surface area contributed by atoms with E-state index in [9.17, 15) is 9.59 Å². The lowest BCUT2D eigenvalue weighted by molar-refractivity contribution is -0.122. The number of halogens is 2. The van der Waals surface area contributed by atoms with E-state index in [0.29, 0.717) is 43.7 Å². The van der Waals surface area contributed by atoms with Gasteiger partial charge in [0.2, 0.25) is 5.91 Å². The number of anilines is 2. The van der Waals surface area contributed by atoms with E-state index in [1.165, 1.54) is 0 Å². The first-order chi connectivity index (χ1) is 14.6. The Morgan fingerprint density at radius 3 is 2.56 bits per heavy atom. The summed E-state index contributed by atoms with van der Waals surface area (Å²) in [6, 6.07) is 15.2. The number of ether oxygens (including phenoxy) is 1. The van der Waals surface area contributed by atoms with E-state index in [2.05, 4.69) is 15.3 Å². The highest BCUT2D eigenvalue weighted by Crippen LogP contribution is 2.40. The molecule has 1 aromatic carbocycles. The van der Waals surface area contributed by atoms with Gasteiger partial charge >= 0.3 is 6.09 Å². The highest BCUT2D eigenvalue weighted by molar-refractivity contribution is 5.94. The molecule has 5 rings (SSSR count). The van der Waals surface area contributed by atoms with Crippen molar-refractivity contribution in [2.24, 2.45) is 5.92 Å². The normalized spacial score (nSPS) is 22.1. The van der Waals surface area contributed by atoms with Gasteiger partial charge < -0.3 is 10.1 Å². The number of para-hydroxylation sites is 1. The zero-order valence-corrected chi connectivity index (χ0v) is 18.9. The van der Waals surface area contributed by atoms with Crippen LogP contribution in [0, 0.1) is 5.92 Å². The zero-order valence-electron chi connectivity index (χ0n) is 17.3. The molecule has 0 atom stereocenters. The summed E-state index contributed by atoms with van der Waals surface area (Å²) in [6.07, 6.45) is 5.67. The van der Waals surface area contributed by atoms with Crippen molar-refractivity contribution in [1.82, 2.24) is 9.97 Å². The molecule has 2 amide bonds. The molecule has 32 heavy (non-hydrogen) atoms. The van der Waals surface area contributed by atoms with E-state index in [1.807, 2.05) is 42.5 Å². The highest BCUT2D eigenvalue weighted by atomic mass is 35.5. The maximum Gasteiger partial charge on any atom is 0.416 e. The number of fused-ring (bicyclic) bond motifs is 1. The molecular weight excluding hydrogens is 451 g/mol. The quantitative estimate of drug-likeness (QED) is 0.577. The molecule has 1 aliphatic carbocycles. The van der Waals surface area contributed by atoms with E-state index in [4.69, 9.17) is 4.74 Å². The number of hydrogen-bond donors (Lipinski definition) is 1. The number of aromatic nitrogens is 2. The fraction of sp³-hybridized carbons (Fsp3) is 0.304. The highest BCUT2D eigenvalue weighted by Gasteiger charge is 2.48. The monoisotopic (exact) mass is 474 g/mol. The van der Waals surface area contributed by atoms with Crippen molar-refractivity contribution in [3.63, 3.8) is 0 Å². The molecule has 7 nitrogen and oxygen atoms in total. The van der Waals surface area contributed by atoms with Crippen molar-refractivity contribution in [2.45, 2.75) is 31.3 Å². The average molecular weight is 475 g/mol. The van der Waals surface area contributed by atoms with Crippen molar-refractivity contribution in [3.05, 3.63) is 60.9 Å². The molecule has 3 aromatic rings. The molecule has 3 heterocycles. The third-order valence-corrected chi connectivity index (χ3v) is 6.02. The Morgan fingerprint density at radius 2 is 1.81 bits per heavy atom. The Bertz CT molecular complexity index is 1100. The van der Waals surface area contributed by atoms with Crippen LogP contribution in [-0.4, -0.2) is 34.1 Å². The van der Waals surface area contributed by atoms with Gasteiger partial charge in [0.25, 0.3) is 0 Å². The van der Waals surface area contributed by atoms with Gasteiger partial charge in [-0.1, -0.05) is 24.3 Å². The molecule has 1 spiro atoms. The summed E-state index contributed by atoms with van der Waals surface area (Å²) in [5, 5.41) is 3.99. The van der Waals surface area contributed by atoms with E-state index in [1.54, 1.807) is 23.4 Å². The molecule has 0 bridgehead atoms. The van der Waals surface area contributed by atoms with Crippen molar-refractivity contribution < 1.29 is 14.3 Å². The summed E-state index contributed by atoms with van der Waals surface area (Å²) in [4.78, 5) is 35.4. The molecule has 1 N–H and O–H groups in total. The number of rotatable bonds is 3. The van der Waals surface area contributed by atoms with E-state index in [0.717, 1.165) is 10.9 Å². The first-order valence-corrected chi connectivity index (χ1v) is 10.2. The lowest BCUT2D eigenvalue weighted by Crippen LogP contribution is -2.41. The summed E-state index contributed by atoms with van der Waals surface area (Å²) in [7, 11) is 0. The van der Waals surface area contributed by atoms with Crippen LogP contribution >= 0.6 is 24.8 Å². The number of nitrogens with zero attached hydrogens (tertiary/aromatic N) is 3. The smallest absolute Gasteiger partial charge is 0.416 e. The predicted molar refractivity (Wildman–Crippen MR) is 128 cm³/mol. The molecular formula is C23H24Cl2N4O3. The van der Waals surface area contributed by atoms with Crippen LogP contribution in [-0.2, 0) is 9.53 Å². The number of nitrogens with one attached hydrogen (secondary N) is 1. The van der Waals surface area contributed by atoms with E-state index in [-0.39, 0.29) is 42.7 Å². The minimum Gasteiger partial charge on any atom is -0.441 e. The summed E-state index contributed by atoms with van der Waals surface area (Å²) < 4.78 is 5.76. The van der Waals surface area contributed by atoms with Crippen LogP contribution in [0.5, 0.6) is 0 Å². The number of pyridine rings is 2. The van der Waals surface area contributed by atoms with Crippen molar-refractivity contribution in [2.75, 3.05) is 16.8 Å². The van der Waals surface area contributed by atoms with Gasteiger partial charge in [0, 0.05) is 17.5 Å². The average Bonchev–Trinajstić information content (AvgIpc) is 3.10. The van der Waals surface area contributed by atoms with Crippen LogP contribution in [0.25, 0.3) is 10.9 Å². The lowest BCUT2D eigenvalue weighted by atomic mass is 9.78. The van der Waals surface area contributed by atoms with Gasteiger partial charge in [-0.25, -0.2) is 9.78 Å². The van der Waals surface area contributed by atoms with Crippen LogP contribution in [0.4, 0.5) is 16.3 Å². The summed E-state index contributed by atoms with van der Waals surface area (Å²) in [6.45, 7) is 0.478. The Labute approximate surface area is 198 Å². The van der Waals surface area contributed by atoms with Gasteiger partial charge in [0.15, 0.2) is 0 Å². The molecule has 2 aliphatic rings.